The molecule has 0 aromatic heterocycles. The van der Waals surface area contributed by atoms with Crippen molar-refractivity contribution in [3.63, 3.8) is 0 Å². The summed E-state index contributed by atoms with van der Waals surface area (Å²) in [5.74, 6) is 1.56. The monoisotopic (exact) mass is 351 g/mol. The summed E-state index contributed by atoms with van der Waals surface area (Å²) in [5.41, 5.74) is 2.47. The molecule has 2 nitrogen and oxygen atoms in total. The Morgan fingerprint density at radius 2 is 2.09 bits per heavy atom. The molecular formula is C17H18ClNOS2. The normalized spacial score (nSPS) is 12.8. The molecular weight excluding hydrogens is 334 g/mol. The third-order valence-electron chi connectivity index (χ3n) is 3.65. The van der Waals surface area contributed by atoms with Crippen LogP contribution in [0.5, 0.6) is 5.75 Å². The van der Waals surface area contributed by atoms with E-state index in [1.807, 2.05) is 17.8 Å². The third-order valence-corrected chi connectivity index (χ3v) is 6.03. The van der Waals surface area contributed by atoms with Gasteiger partial charge >= 0.3 is 0 Å². The highest BCUT2D eigenvalue weighted by molar-refractivity contribution is 8.02. The van der Waals surface area contributed by atoms with Gasteiger partial charge in [0.1, 0.15) is 5.75 Å². The Balaban J connectivity index is 2.11. The second-order valence-electron chi connectivity index (χ2n) is 4.94. The van der Waals surface area contributed by atoms with Crippen LogP contribution >= 0.6 is 35.1 Å². The second-order valence-corrected chi connectivity index (χ2v) is 7.22. The van der Waals surface area contributed by atoms with Crippen molar-refractivity contribution in [3.8, 4) is 5.75 Å². The number of fused-ring (bicyclic) bond motifs is 2. The van der Waals surface area contributed by atoms with Gasteiger partial charge in [0.15, 0.2) is 0 Å². The Bertz CT molecular complexity index is 676. The molecule has 3 rings (SSSR count). The summed E-state index contributed by atoms with van der Waals surface area (Å²) in [4.78, 5) is 6.29. The average Bonchev–Trinajstić information content (AvgIpc) is 2.57. The van der Waals surface area contributed by atoms with Crippen molar-refractivity contribution in [1.82, 2.24) is 0 Å². The molecule has 0 saturated heterocycles. The zero-order chi connectivity index (χ0) is 15.5. The topological polar surface area (TPSA) is 12.5 Å². The van der Waals surface area contributed by atoms with Crippen LogP contribution in [0.3, 0.4) is 0 Å². The fourth-order valence-corrected chi connectivity index (χ4v) is 4.68. The zero-order valence-corrected chi connectivity index (χ0v) is 15.0. The highest BCUT2D eigenvalue weighted by Gasteiger charge is 2.25. The molecule has 0 atom stereocenters. The van der Waals surface area contributed by atoms with Gasteiger partial charge in [0.25, 0.3) is 0 Å². The number of methoxy groups -OCH3 is 1. The molecule has 1 aliphatic rings. The number of thioether (sulfide) groups is 1. The Kier molecular flexibility index (Phi) is 5.11. The minimum atomic E-state index is 0.667. The van der Waals surface area contributed by atoms with Crippen LogP contribution in [-0.4, -0.2) is 25.8 Å². The van der Waals surface area contributed by atoms with E-state index in [2.05, 4.69) is 41.5 Å². The van der Waals surface area contributed by atoms with Crippen LogP contribution in [0, 0.1) is 0 Å². The summed E-state index contributed by atoms with van der Waals surface area (Å²) >= 11 is 9.56. The third kappa shape index (κ3) is 2.92. The van der Waals surface area contributed by atoms with E-state index in [0.717, 1.165) is 18.7 Å². The molecule has 2 aromatic carbocycles. The van der Waals surface area contributed by atoms with Crippen molar-refractivity contribution < 1.29 is 4.74 Å². The predicted molar refractivity (Wildman–Crippen MR) is 97.7 cm³/mol. The van der Waals surface area contributed by atoms with Crippen molar-refractivity contribution in [2.24, 2.45) is 0 Å². The van der Waals surface area contributed by atoms with Gasteiger partial charge in [-0.15, -0.1) is 23.4 Å². The SMILES string of the molecule is COc1ccc2c(c1)N(CCCCl)c1cccc(SC)c1S2. The molecule has 0 amide bonds. The number of nitrogens with zero attached hydrogens (tertiary/aromatic N) is 1. The second kappa shape index (κ2) is 7.07. The summed E-state index contributed by atoms with van der Waals surface area (Å²) in [5, 5.41) is 0. The smallest absolute Gasteiger partial charge is 0.121 e. The zero-order valence-electron chi connectivity index (χ0n) is 12.6. The lowest BCUT2D eigenvalue weighted by atomic mass is 10.2. The lowest BCUT2D eigenvalue weighted by molar-refractivity contribution is 0.414. The molecule has 0 unspecified atom stereocenters. The van der Waals surface area contributed by atoms with Gasteiger partial charge in [-0.2, -0.15) is 0 Å². The van der Waals surface area contributed by atoms with Gasteiger partial charge in [-0.3, -0.25) is 0 Å². The van der Waals surface area contributed by atoms with E-state index in [1.54, 1.807) is 18.9 Å². The fourth-order valence-electron chi connectivity index (χ4n) is 2.60. The molecule has 0 bridgehead atoms. The first-order valence-electron chi connectivity index (χ1n) is 7.15. The van der Waals surface area contributed by atoms with E-state index < -0.39 is 0 Å². The maximum Gasteiger partial charge on any atom is 0.121 e. The van der Waals surface area contributed by atoms with Gasteiger partial charge in [0, 0.05) is 33.2 Å². The molecule has 0 spiro atoms. The van der Waals surface area contributed by atoms with Gasteiger partial charge in [-0.1, -0.05) is 17.8 Å². The van der Waals surface area contributed by atoms with Crippen molar-refractivity contribution in [1.29, 1.82) is 0 Å². The van der Waals surface area contributed by atoms with E-state index >= 15 is 0 Å². The molecule has 116 valence electrons. The number of anilines is 2. The van der Waals surface area contributed by atoms with E-state index in [1.165, 1.54) is 26.1 Å². The van der Waals surface area contributed by atoms with E-state index in [0.29, 0.717) is 5.88 Å². The predicted octanol–water partition coefficient (Wildman–Crippen LogP) is 5.65. The lowest BCUT2D eigenvalue weighted by Gasteiger charge is -2.33. The van der Waals surface area contributed by atoms with Crippen LogP contribution < -0.4 is 9.64 Å². The molecule has 0 aliphatic carbocycles. The molecule has 1 aliphatic heterocycles. The summed E-state index contributed by atoms with van der Waals surface area (Å²) in [6, 6.07) is 12.8. The Hall–Kier alpha value is -0.970. The van der Waals surface area contributed by atoms with Gasteiger partial charge in [0.05, 0.1) is 18.5 Å². The molecule has 0 fully saturated rings. The molecule has 2 aromatic rings. The lowest BCUT2D eigenvalue weighted by Crippen LogP contribution is -2.22. The number of alkyl halides is 1. The average molecular weight is 352 g/mol. The summed E-state index contributed by atoms with van der Waals surface area (Å²) in [6.07, 6.45) is 3.08. The van der Waals surface area contributed by atoms with Gasteiger partial charge in [-0.25, -0.2) is 0 Å². The first kappa shape index (κ1) is 15.9. The number of hydrogen-bond donors (Lipinski definition) is 0. The number of hydrogen-bond acceptors (Lipinski definition) is 4. The van der Waals surface area contributed by atoms with Crippen LogP contribution in [0.25, 0.3) is 0 Å². The highest BCUT2D eigenvalue weighted by atomic mass is 35.5. The van der Waals surface area contributed by atoms with Crippen LogP contribution in [0.2, 0.25) is 0 Å². The Morgan fingerprint density at radius 1 is 1.23 bits per heavy atom. The van der Waals surface area contributed by atoms with Crippen molar-refractivity contribution in [2.45, 2.75) is 21.1 Å². The van der Waals surface area contributed by atoms with Crippen LogP contribution in [0.1, 0.15) is 6.42 Å². The van der Waals surface area contributed by atoms with Gasteiger partial charge in [-0.05, 0) is 36.9 Å². The molecule has 5 heteroatoms. The van der Waals surface area contributed by atoms with E-state index in [4.69, 9.17) is 16.3 Å². The highest BCUT2D eigenvalue weighted by Crippen LogP contribution is 2.51. The Morgan fingerprint density at radius 3 is 2.82 bits per heavy atom. The summed E-state index contributed by atoms with van der Waals surface area (Å²) in [6.45, 7) is 0.912. The maximum atomic E-state index is 5.93. The van der Waals surface area contributed by atoms with E-state index in [9.17, 15) is 0 Å². The van der Waals surface area contributed by atoms with Crippen LogP contribution in [-0.2, 0) is 0 Å². The number of halogens is 1. The van der Waals surface area contributed by atoms with Crippen molar-refractivity contribution >= 4 is 46.5 Å². The summed E-state index contributed by atoms with van der Waals surface area (Å²) in [7, 11) is 1.71. The van der Waals surface area contributed by atoms with Crippen LogP contribution in [0.15, 0.2) is 51.1 Å². The number of benzene rings is 2. The van der Waals surface area contributed by atoms with Gasteiger partial charge in [0.2, 0.25) is 0 Å². The first-order chi connectivity index (χ1) is 10.8. The first-order valence-corrected chi connectivity index (χ1v) is 9.72. The largest absolute Gasteiger partial charge is 0.497 e. The van der Waals surface area contributed by atoms with Gasteiger partial charge < -0.3 is 9.64 Å². The van der Waals surface area contributed by atoms with E-state index in [-0.39, 0.29) is 0 Å². The van der Waals surface area contributed by atoms with Crippen molar-refractivity contribution in [2.75, 3.05) is 30.7 Å². The molecule has 22 heavy (non-hydrogen) atoms. The fraction of sp³-hybridized carbons (Fsp3) is 0.294. The van der Waals surface area contributed by atoms with Crippen molar-refractivity contribution in [3.05, 3.63) is 36.4 Å². The maximum absolute atomic E-state index is 5.93. The number of ether oxygens (including phenoxy) is 1. The summed E-state index contributed by atoms with van der Waals surface area (Å²) < 4.78 is 5.40. The quantitative estimate of drug-likeness (QED) is 0.509. The van der Waals surface area contributed by atoms with Crippen LogP contribution in [0.4, 0.5) is 11.4 Å². The molecule has 0 radical (unpaired) electrons. The Labute approximate surface area is 145 Å². The molecule has 0 saturated carbocycles. The minimum Gasteiger partial charge on any atom is -0.497 e. The number of rotatable bonds is 5. The molecule has 1 heterocycles. The molecule has 0 N–H and O–H groups in total. The standard InChI is InChI=1S/C17H18ClNOS2/c1-20-12-7-8-15-14(11-12)19(10-4-9-18)13-5-3-6-16(21-2)17(13)22-15/h3,5-8,11H,4,9-10H2,1-2H3. The minimum absolute atomic E-state index is 0.667.